The molecule has 0 atom stereocenters. The molecule has 2 aromatic heterocycles. The Labute approximate surface area is 636 Å². The van der Waals surface area contributed by atoms with E-state index >= 15 is 0 Å². The van der Waals surface area contributed by atoms with Gasteiger partial charge in [0, 0.05) is 21.5 Å². The highest BCUT2D eigenvalue weighted by molar-refractivity contribution is 6.24. The molecule has 0 radical (unpaired) electrons. The Bertz CT molecular complexity index is 7270. The Kier molecular flexibility index (Phi) is 15.6. The third-order valence-corrected chi connectivity index (χ3v) is 22.5. The van der Waals surface area contributed by atoms with Gasteiger partial charge in [-0.2, -0.15) is 0 Å². The summed E-state index contributed by atoms with van der Waals surface area (Å²) in [6.07, 6.45) is 0. The fraction of sp³-hybridized carbons (Fsp3) is 0. The standard InChI is InChI=1S/2C54H34O/c1-2-15-36(16-3-1)52-42-21-5-4-14-35(42)28-30-43(52)39-18-13-20-41(33-39)54-47-25-8-6-23-45(47)53(46-24-7-9-26-48(46)54)40-19-12-17-37(32-40)38-29-31-51-49(34-38)44-22-10-11-27-50(44)55-51;1-2-14-37(15-3-1)52-42-18-5-4-13-36(42)29-31-43(52)40-16-12-17-41(33-40)54-47-22-8-6-20-45(47)53(46-21-7-9-23-48(46)54)38-27-25-35(26-28-38)39-30-32-51-49(34-39)44-19-10-11-24-50(44)55-51/h2*1-34H. The minimum atomic E-state index is 0.912. The number of hydrogen-bond acceptors (Lipinski definition) is 2. The summed E-state index contributed by atoms with van der Waals surface area (Å²) in [7, 11) is 0. The van der Waals surface area contributed by atoms with E-state index in [-0.39, 0.29) is 0 Å². The van der Waals surface area contributed by atoms with Gasteiger partial charge >= 0.3 is 0 Å². The molecule has 20 aromatic carbocycles. The molecule has 2 nitrogen and oxygen atoms in total. The fourth-order valence-electron chi connectivity index (χ4n) is 17.5. The Balaban J connectivity index is 0.000000140. The molecule has 0 aliphatic heterocycles. The summed E-state index contributed by atoms with van der Waals surface area (Å²) in [6.45, 7) is 0. The molecule has 0 saturated carbocycles. The van der Waals surface area contributed by atoms with Crippen LogP contribution in [0.5, 0.6) is 0 Å². The Morgan fingerprint density at radius 3 is 0.773 bits per heavy atom. The first kappa shape index (κ1) is 64.0. The van der Waals surface area contributed by atoms with Crippen LogP contribution in [0.25, 0.3) is 220 Å². The van der Waals surface area contributed by atoms with Crippen molar-refractivity contribution >= 4 is 109 Å². The average Bonchev–Trinajstić information content (AvgIpc) is 1.05. The van der Waals surface area contributed by atoms with E-state index in [1.54, 1.807) is 0 Å². The molecule has 512 valence electrons. The van der Waals surface area contributed by atoms with Crippen LogP contribution in [0, 0.1) is 0 Å². The summed E-state index contributed by atoms with van der Waals surface area (Å²) >= 11 is 0. The normalized spacial score (nSPS) is 11.6. The van der Waals surface area contributed by atoms with Gasteiger partial charge in [0.1, 0.15) is 22.3 Å². The summed E-state index contributed by atoms with van der Waals surface area (Å²) in [5, 5.41) is 19.5. The van der Waals surface area contributed by atoms with Crippen LogP contribution >= 0.6 is 0 Å². The molecule has 0 amide bonds. The molecule has 0 bridgehead atoms. The van der Waals surface area contributed by atoms with Crippen molar-refractivity contribution in [1.82, 2.24) is 0 Å². The van der Waals surface area contributed by atoms with E-state index in [0.29, 0.717) is 0 Å². The van der Waals surface area contributed by atoms with Crippen molar-refractivity contribution in [3.8, 4) is 111 Å². The summed E-state index contributed by atoms with van der Waals surface area (Å²) < 4.78 is 12.3. The smallest absolute Gasteiger partial charge is 0.135 e. The summed E-state index contributed by atoms with van der Waals surface area (Å²) in [4.78, 5) is 0. The quantitative estimate of drug-likeness (QED) is 0.128. The van der Waals surface area contributed by atoms with Crippen molar-refractivity contribution in [2.24, 2.45) is 0 Å². The minimum Gasteiger partial charge on any atom is -0.456 e. The molecule has 0 spiro atoms. The first-order valence-electron chi connectivity index (χ1n) is 37.8. The minimum absolute atomic E-state index is 0.912. The van der Waals surface area contributed by atoms with E-state index in [2.05, 4.69) is 388 Å². The van der Waals surface area contributed by atoms with E-state index in [4.69, 9.17) is 8.83 Å². The van der Waals surface area contributed by atoms with E-state index in [1.807, 2.05) is 24.3 Å². The monoisotopic (exact) mass is 1400 g/mol. The molecule has 0 aliphatic rings. The highest BCUT2D eigenvalue weighted by atomic mass is 16.3. The molecule has 22 rings (SSSR count). The predicted octanol–water partition coefficient (Wildman–Crippen LogP) is 30.8. The zero-order chi connectivity index (χ0) is 72.6. The second kappa shape index (κ2) is 26.9. The topological polar surface area (TPSA) is 26.3 Å². The number of hydrogen-bond donors (Lipinski definition) is 0. The largest absolute Gasteiger partial charge is 0.456 e. The Morgan fingerprint density at radius 2 is 0.373 bits per heavy atom. The van der Waals surface area contributed by atoms with E-state index < -0.39 is 0 Å². The lowest BCUT2D eigenvalue weighted by molar-refractivity contribution is 0.668. The second-order valence-electron chi connectivity index (χ2n) is 28.8. The molecule has 0 saturated heterocycles. The maximum Gasteiger partial charge on any atom is 0.135 e. The molecule has 0 N–H and O–H groups in total. The van der Waals surface area contributed by atoms with Gasteiger partial charge in [0.05, 0.1) is 0 Å². The lowest BCUT2D eigenvalue weighted by Crippen LogP contribution is -1.92. The van der Waals surface area contributed by atoms with Gasteiger partial charge in [-0.3, -0.25) is 0 Å². The molecule has 110 heavy (non-hydrogen) atoms. The van der Waals surface area contributed by atoms with Crippen molar-refractivity contribution < 1.29 is 8.83 Å². The van der Waals surface area contributed by atoms with Crippen LogP contribution in [0.15, 0.2) is 421 Å². The van der Waals surface area contributed by atoms with Gasteiger partial charge in [-0.25, -0.2) is 0 Å². The van der Waals surface area contributed by atoms with E-state index in [0.717, 1.165) is 43.9 Å². The molecular weight excluding hydrogens is 1330 g/mol. The van der Waals surface area contributed by atoms with Crippen molar-refractivity contribution in [2.75, 3.05) is 0 Å². The lowest BCUT2D eigenvalue weighted by atomic mass is 9.84. The van der Waals surface area contributed by atoms with Gasteiger partial charge in [0.2, 0.25) is 0 Å². The van der Waals surface area contributed by atoms with E-state index in [1.165, 1.54) is 176 Å². The summed E-state index contributed by atoms with van der Waals surface area (Å²) in [5.74, 6) is 0. The zero-order valence-corrected chi connectivity index (χ0v) is 60.1. The highest BCUT2D eigenvalue weighted by Gasteiger charge is 2.23. The molecule has 0 aliphatic carbocycles. The Hall–Kier alpha value is -14.4. The third kappa shape index (κ3) is 11.0. The molecule has 2 heteroatoms. The van der Waals surface area contributed by atoms with Crippen LogP contribution in [0.1, 0.15) is 0 Å². The number of benzene rings is 20. The maximum atomic E-state index is 6.16. The molecule has 0 fully saturated rings. The molecule has 22 aromatic rings. The van der Waals surface area contributed by atoms with Crippen LogP contribution in [0.2, 0.25) is 0 Å². The number of furan rings is 2. The fourth-order valence-corrected chi connectivity index (χ4v) is 17.5. The predicted molar refractivity (Wildman–Crippen MR) is 467 cm³/mol. The van der Waals surface area contributed by atoms with Crippen LogP contribution in [0.4, 0.5) is 0 Å². The number of fused-ring (bicyclic) bond motifs is 12. The first-order chi connectivity index (χ1) is 54.6. The van der Waals surface area contributed by atoms with Gasteiger partial charge in [-0.05, 0) is 231 Å². The summed E-state index contributed by atoms with van der Waals surface area (Å²) in [6, 6.07) is 150. The van der Waals surface area contributed by atoms with Gasteiger partial charge in [0.25, 0.3) is 0 Å². The maximum absolute atomic E-state index is 6.16. The second-order valence-corrected chi connectivity index (χ2v) is 28.8. The van der Waals surface area contributed by atoms with Crippen molar-refractivity contribution in [3.63, 3.8) is 0 Å². The zero-order valence-electron chi connectivity index (χ0n) is 60.1. The number of rotatable bonds is 10. The van der Waals surface area contributed by atoms with E-state index in [9.17, 15) is 0 Å². The molecule has 2 heterocycles. The van der Waals surface area contributed by atoms with Crippen LogP contribution in [-0.4, -0.2) is 0 Å². The van der Waals surface area contributed by atoms with Crippen LogP contribution in [-0.2, 0) is 0 Å². The van der Waals surface area contributed by atoms with Crippen molar-refractivity contribution in [3.05, 3.63) is 413 Å². The van der Waals surface area contributed by atoms with Crippen LogP contribution < -0.4 is 0 Å². The van der Waals surface area contributed by atoms with Crippen LogP contribution in [0.3, 0.4) is 0 Å². The third-order valence-electron chi connectivity index (χ3n) is 22.5. The van der Waals surface area contributed by atoms with Crippen molar-refractivity contribution in [2.45, 2.75) is 0 Å². The van der Waals surface area contributed by atoms with Gasteiger partial charge in [-0.1, -0.05) is 358 Å². The lowest BCUT2D eigenvalue weighted by Gasteiger charge is -2.19. The van der Waals surface area contributed by atoms with Gasteiger partial charge in [-0.15, -0.1) is 0 Å². The van der Waals surface area contributed by atoms with Gasteiger partial charge < -0.3 is 8.83 Å². The van der Waals surface area contributed by atoms with Gasteiger partial charge in [0.15, 0.2) is 0 Å². The number of para-hydroxylation sites is 2. The summed E-state index contributed by atoms with van der Waals surface area (Å²) in [5.41, 5.74) is 28.1. The molecular formula is C108H68O2. The average molecular weight is 1400 g/mol. The first-order valence-corrected chi connectivity index (χ1v) is 37.8. The highest BCUT2D eigenvalue weighted by Crippen LogP contribution is 2.50. The SMILES string of the molecule is c1ccc(-c2c(-c3cccc(-c4c5ccccc5c(-c5ccc(-c6ccc7oc8ccccc8c7c6)cc5)c5ccccc45)c3)ccc3ccccc23)cc1.c1ccc(-c2c(-c3cccc(-c4c5ccccc5c(-c5cccc(-c6ccc7oc8ccccc8c7c6)c5)c5ccccc45)c3)ccc3ccccc23)cc1. The molecule has 0 unspecified atom stereocenters. The van der Waals surface area contributed by atoms with Crippen molar-refractivity contribution in [1.29, 1.82) is 0 Å². The Morgan fingerprint density at radius 1 is 0.118 bits per heavy atom.